The molecule has 5 nitrogen and oxygen atoms in total. The fourth-order valence-corrected chi connectivity index (χ4v) is 3.64. The lowest BCUT2D eigenvalue weighted by Gasteiger charge is -2.21. The minimum absolute atomic E-state index is 0.0261. The largest absolute Gasteiger partial charge is 0.311 e. The molecule has 134 valence electrons. The molecule has 0 aliphatic heterocycles. The third-order valence-electron chi connectivity index (χ3n) is 3.55. The highest BCUT2D eigenvalue weighted by atomic mass is 32.2. The number of halogens is 2. The van der Waals surface area contributed by atoms with Gasteiger partial charge in [0, 0.05) is 25.7 Å². The van der Waals surface area contributed by atoms with Crippen LogP contribution < -0.4 is 9.62 Å². The molecule has 0 radical (unpaired) electrons. The number of nitrogens with one attached hydrogen (secondary N) is 1. The number of hydrogen-bond donors (Lipinski definition) is 1. The first-order valence-electron chi connectivity index (χ1n) is 7.50. The van der Waals surface area contributed by atoms with Gasteiger partial charge in [-0.2, -0.15) is 0 Å². The smallest absolute Gasteiger partial charge is 0.240 e. The maximum atomic E-state index is 13.3. The summed E-state index contributed by atoms with van der Waals surface area (Å²) >= 11 is 0. The van der Waals surface area contributed by atoms with Crippen LogP contribution in [0.2, 0.25) is 0 Å². The predicted molar refractivity (Wildman–Crippen MR) is 90.8 cm³/mol. The van der Waals surface area contributed by atoms with E-state index < -0.39 is 21.7 Å². The Kier molecular flexibility index (Phi) is 5.86. The molecule has 0 atom stereocenters. The zero-order valence-corrected chi connectivity index (χ0v) is 14.6. The van der Waals surface area contributed by atoms with Crippen LogP contribution in [0, 0.1) is 18.6 Å². The summed E-state index contributed by atoms with van der Waals surface area (Å²) in [6.07, 6.45) is 0. The van der Waals surface area contributed by atoms with E-state index in [0.29, 0.717) is 5.69 Å². The molecule has 0 saturated carbocycles. The molecule has 0 saturated heterocycles. The highest BCUT2D eigenvalue weighted by Crippen LogP contribution is 2.17. The molecule has 0 aliphatic carbocycles. The van der Waals surface area contributed by atoms with Gasteiger partial charge in [-0.3, -0.25) is 4.79 Å². The SMILES string of the molecule is CC(=O)N(CCNS(=O)(=O)c1ccc(F)cc1C)c1cccc(F)c1. The van der Waals surface area contributed by atoms with Crippen molar-refractivity contribution >= 4 is 21.6 Å². The van der Waals surface area contributed by atoms with E-state index in [1.807, 2.05) is 0 Å². The van der Waals surface area contributed by atoms with Gasteiger partial charge < -0.3 is 4.90 Å². The molecule has 1 N–H and O–H groups in total. The second-order valence-electron chi connectivity index (χ2n) is 5.46. The third kappa shape index (κ3) is 4.83. The van der Waals surface area contributed by atoms with E-state index in [4.69, 9.17) is 0 Å². The monoisotopic (exact) mass is 368 g/mol. The number of anilines is 1. The second-order valence-corrected chi connectivity index (χ2v) is 7.19. The van der Waals surface area contributed by atoms with Crippen LogP contribution in [0.3, 0.4) is 0 Å². The molecule has 25 heavy (non-hydrogen) atoms. The number of nitrogens with zero attached hydrogens (tertiary/aromatic N) is 1. The van der Waals surface area contributed by atoms with Crippen molar-refractivity contribution < 1.29 is 22.0 Å². The lowest BCUT2D eigenvalue weighted by atomic mass is 10.2. The van der Waals surface area contributed by atoms with Gasteiger partial charge in [0.2, 0.25) is 15.9 Å². The number of benzene rings is 2. The fraction of sp³-hybridized carbons (Fsp3) is 0.235. The second kappa shape index (κ2) is 7.71. The zero-order valence-electron chi connectivity index (χ0n) is 13.8. The molecule has 2 aromatic rings. The van der Waals surface area contributed by atoms with Gasteiger partial charge in [0.15, 0.2) is 0 Å². The molecule has 0 bridgehead atoms. The Balaban J connectivity index is 2.10. The van der Waals surface area contributed by atoms with Crippen molar-refractivity contribution in [2.45, 2.75) is 18.7 Å². The van der Waals surface area contributed by atoms with Crippen LogP contribution in [0.1, 0.15) is 12.5 Å². The van der Waals surface area contributed by atoms with Gasteiger partial charge in [-0.15, -0.1) is 0 Å². The molecular weight excluding hydrogens is 350 g/mol. The van der Waals surface area contributed by atoms with Crippen LogP contribution in [-0.2, 0) is 14.8 Å². The Morgan fingerprint density at radius 3 is 2.40 bits per heavy atom. The van der Waals surface area contributed by atoms with Gasteiger partial charge >= 0.3 is 0 Å². The number of amides is 1. The first kappa shape index (κ1) is 19.0. The van der Waals surface area contributed by atoms with Gasteiger partial charge in [0.05, 0.1) is 4.90 Å². The fourth-order valence-electron chi connectivity index (χ4n) is 2.40. The van der Waals surface area contributed by atoms with Crippen LogP contribution in [0.4, 0.5) is 14.5 Å². The number of hydrogen-bond acceptors (Lipinski definition) is 3. The molecule has 0 aliphatic rings. The van der Waals surface area contributed by atoms with Gasteiger partial charge in [-0.1, -0.05) is 6.07 Å². The third-order valence-corrected chi connectivity index (χ3v) is 5.18. The van der Waals surface area contributed by atoms with Crippen molar-refractivity contribution in [1.29, 1.82) is 0 Å². The average Bonchev–Trinajstić information content (AvgIpc) is 2.50. The van der Waals surface area contributed by atoms with Gasteiger partial charge in [-0.05, 0) is 48.9 Å². The first-order valence-corrected chi connectivity index (χ1v) is 8.98. The topological polar surface area (TPSA) is 66.5 Å². The maximum Gasteiger partial charge on any atom is 0.240 e. The van der Waals surface area contributed by atoms with Crippen molar-refractivity contribution in [3.05, 3.63) is 59.7 Å². The minimum atomic E-state index is -3.85. The minimum Gasteiger partial charge on any atom is -0.311 e. The van der Waals surface area contributed by atoms with E-state index in [1.54, 1.807) is 6.07 Å². The molecule has 0 spiro atoms. The van der Waals surface area contributed by atoms with Crippen molar-refractivity contribution in [2.24, 2.45) is 0 Å². The summed E-state index contributed by atoms with van der Waals surface area (Å²) in [5, 5.41) is 0. The van der Waals surface area contributed by atoms with Crippen molar-refractivity contribution in [3.8, 4) is 0 Å². The summed E-state index contributed by atoms with van der Waals surface area (Å²) in [5.41, 5.74) is 0.616. The molecule has 0 unspecified atom stereocenters. The van der Waals surface area contributed by atoms with Crippen LogP contribution in [-0.4, -0.2) is 27.4 Å². The quantitative estimate of drug-likeness (QED) is 0.852. The van der Waals surface area contributed by atoms with E-state index in [9.17, 15) is 22.0 Å². The molecule has 2 aromatic carbocycles. The lowest BCUT2D eigenvalue weighted by Crippen LogP contribution is -2.37. The molecule has 1 amide bonds. The van der Waals surface area contributed by atoms with Gasteiger partial charge in [0.25, 0.3) is 0 Å². The average molecular weight is 368 g/mol. The summed E-state index contributed by atoms with van der Waals surface area (Å²) in [5.74, 6) is -1.36. The van der Waals surface area contributed by atoms with E-state index in [2.05, 4.69) is 4.72 Å². The van der Waals surface area contributed by atoms with Crippen molar-refractivity contribution in [1.82, 2.24) is 4.72 Å². The number of carbonyl (C=O) groups is 1. The van der Waals surface area contributed by atoms with Crippen LogP contribution in [0.25, 0.3) is 0 Å². The Labute approximate surface area is 145 Å². The Morgan fingerprint density at radius 2 is 1.80 bits per heavy atom. The predicted octanol–water partition coefficient (Wildman–Crippen LogP) is 2.60. The first-order chi connectivity index (χ1) is 11.7. The summed E-state index contributed by atoms with van der Waals surface area (Å²) < 4.78 is 53.4. The van der Waals surface area contributed by atoms with E-state index in [-0.39, 0.29) is 29.5 Å². The summed E-state index contributed by atoms with van der Waals surface area (Å²) in [6, 6.07) is 8.85. The van der Waals surface area contributed by atoms with Crippen LogP contribution in [0.5, 0.6) is 0 Å². The molecular formula is C17H18F2N2O3S. The van der Waals surface area contributed by atoms with Crippen LogP contribution >= 0.6 is 0 Å². The standard InChI is InChI=1S/C17H18F2N2O3S/c1-12-10-15(19)6-7-17(12)25(23,24)20-8-9-21(13(2)22)16-5-3-4-14(18)11-16/h3-7,10-11,20H,8-9H2,1-2H3. The number of sulfonamides is 1. The van der Waals surface area contributed by atoms with Gasteiger partial charge in [0.1, 0.15) is 11.6 Å². The summed E-state index contributed by atoms with van der Waals surface area (Å²) in [7, 11) is -3.85. The normalized spacial score (nSPS) is 11.4. The van der Waals surface area contributed by atoms with Crippen LogP contribution in [0.15, 0.2) is 47.4 Å². The molecule has 2 rings (SSSR count). The molecule has 8 heteroatoms. The Morgan fingerprint density at radius 1 is 1.12 bits per heavy atom. The zero-order chi connectivity index (χ0) is 18.6. The highest BCUT2D eigenvalue weighted by Gasteiger charge is 2.18. The van der Waals surface area contributed by atoms with E-state index >= 15 is 0 Å². The lowest BCUT2D eigenvalue weighted by molar-refractivity contribution is -0.116. The van der Waals surface area contributed by atoms with Crippen molar-refractivity contribution in [2.75, 3.05) is 18.0 Å². The van der Waals surface area contributed by atoms with Gasteiger partial charge in [-0.25, -0.2) is 21.9 Å². The molecule has 0 heterocycles. The number of rotatable bonds is 6. The molecule has 0 aromatic heterocycles. The van der Waals surface area contributed by atoms with E-state index in [1.165, 1.54) is 43.0 Å². The maximum absolute atomic E-state index is 13.3. The summed E-state index contributed by atoms with van der Waals surface area (Å²) in [4.78, 5) is 13.0. The summed E-state index contributed by atoms with van der Waals surface area (Å²) in [6.45, 7) is 2.75. The Hall–Kier alpha value is -2.32. The molecule has 0 fully saturated rings. The number of aryl methyl sites for hydroxylation is 1. The number of carbonyl (C=O) groups excluding carboxylic acids is 1. The Bertz CT molecular complexity index is 885. The van der Waals surface area contributed by atoms with Crippen molar-refractivity contribution in [3.63, 3.8) is 0 Å². The van der Waals surface area contributed by atoms with E-state index in [0.717, 1.165) is 12.1 Å². The highest BCUT2D eigenvalue weighted by molar-refractivity contribution is 7.89.